The second-order valence-electron chi connectivity index (χ2n) is 7.03. The number of hydrogen-bond donors (Lipinski definition) is 2. The molecule has 7 heteroatoms. The second kappa shape index (κ2) is 8.69. The van der Waals surface area contributed by atoms with E-state index in [2.05, 4.69) is 24.5 Å². The number of piperidine rings is 1. The molecular formula is C19H27N3O4. The molecule has 0 bridgehead atoms. The van der Waals surface area contributed by atoms with E-state index in [4.69, 9.17) is 4.74 Å². The summed E-state index contributed by atoms with van der Waals surface area (Å²) in [6.45, 7) is 6.86. The van der Waals surface area contributed by atoms with Crippen molar-refractivity contribution in [1.29, 1.82) is 0 Å². The molecule has 142 valence electrons. The van der Waals surface area contributed by atoms with Crippen molar-refractivity contribution in [2.24, 2.45) is 11.8 Å². The number of amides is 3. The summed E-state index contributed by atoms with van der Waals surface area (Å²) in [7, 11) is 1.53. The molecule has 3 amide bonds. The van der Waals surface area contributed by atoms with E-state index in [1.807, 2.05) is 4.90 Å². The van der Waals surface area contributed by atoms with E-state index in [-0.39, 0.29) is 24.3 Å². The molecule has 2 atom stereocenters. The van der Waals surface area contributed by atoms with Crippen LogP contribution >= 0.6 is 0 Å². The van der Waals surface area contributed by atoms with Gasteiger partial charge < -0.3 is 20.3 Å². The predicted molar refractivity (Wildman–Crippen MR) is 99.2 cm³/mol. The maximum Gasteiger partial charge on any atom is 0.256 e. The summed E-state index contributed by atoms with van der Waals surface area (Å²) in [5.74, 6) is 0.614. The highest BCUT2D eigenvalue weighted by Gasteiger charge is 2.28. The summed E-state index contributed by atoms with van der Waals surface area (Å²) in [6, 6.07) is 4.97. The number of methoxy groups -OCH3 is 1. The highest BCUT2D eigenvalue weighted by molar-refractivity contribution is 6.04. The molecule has 0 radical (unpaired) electrons. The lowest BCUT2D eigenvalue weighted by atomic mass is 9.91. The van der Waals surface area contributed by atoms with Crippen molar-refractivity contribution < 1.29 is 19.1 Å². The molecule has 2 N–H and O–H groups in total. The summed E-state index contributed by atoms with van der Waals surface area (Å²) in [4.78, 5) is 37.9. The van der Waals surface area contributed by atoms with E-state index in [9.17, 15) is 14.4 Å². The fourth-order valence-corrected chi connectivity index (χ4v) is 3.33. The number of nitrogens with zero attached hydrogens (tertiary/aromatic N) is 1. The van der Waals surface area contributed by atoms with Crippen molar-refractivity contribution in [3.63, 3.8) is 0 Å². The molecule has 1 fully saturated rings. The van der Waals surface area contributed by atoms with Crippen molar-refractivity contribution in [2.45, 2.75) is 27.2 Å². The third-order valence-corrected chi connectivity index (χ3v) is 4.39. The Labute approximate surface area is 154 Å². The molecule has 1 saturated heterocycles. The molecule has 7 nitrogen and oxygen atoms in total. The SMILES string of the molecule is COc1ccc(NC(=O)CNC(C)=O)c(C(=O)N2C[C@H](C)C[C@H](C)C2)c1. The van der Waals surface area contributed by atoms with Gasteiger partial charge in [-0.3, -0.25) is 14.4 Å². The number of benzene rings is 1. The number of ether oxygens (including phenoxy) is 1. The lowest BCUT2D eigenvalue weighted by molar-refractivity contribution is -0.122. The topological polar surface area (TPSA) is 87.7 Å². The maximum atomic E-state index is 13.1. The highest BCUT2D eigenvalue weighted by atomic mass is 16.5. The summed E-state index contributed by atoms with van der Waals surface area (Å²) in [5, 5.41) is 5.14. The number of carbonyl (C=O) groups excluding carboxylic acids is 3. The Morgan fingerprint density at radius 2 is 1.85 bits per heavy atom. The Morgan fingerprint density at radius 1 is 1.19 bits per heavy atom. The summed E-state index contributed by atoms with van der Waals surface area (Å²) < 4.78 is 5.23. The van der Waals surface area contributed by atoms with E-state index in [1.165, 1.54) is 14.0 Å². The van der Waals surface area contributed by atoms with Crippen LogP contribution in [0.4, 0.5) is 5.69 Å². The minimum absolute atomic E-state index is 0.128. The van der Waals surface area contributed by atoms with Gasteiger partial charge in [-0.05, 0) is 36.5 Å². The Hall–Kier alpha value is -2.57. The van der Waals surface area contributed by atoms with Crippen molar-refractivity contribution in [1.82, 2.24) is 10.2 Å². The number of nitrogens with one attached hydrogen (secondary N) is 2. The minimum atomic E-state index is -0.389. The first-order valence-electron chi connectivity index (χ1n) is 8.81. The first kappa shape index (κ1) is 19.8. The van der Waals surface area contributed by atoms with Crippen LogP contribution in [0.1, 0.15) is 37.6 Å². The first-order chi connectivity index (χ1) is 12.3. The fraction of sp³-hybridized carbons (Fsp3) is 0.526. The highest BCUT2D eigenvalue weighted by Crippen LogP contribution is 2.27. The molecule has 0 spiro atoms. The summed E-state index contributed by atoms with van der Waals surface area (Å²) in [6.07, 6.45) is 1.10. The van der Waals surface area contributed by atoms with Crippen LogP contribution in [0.25, 0.3) is 0 Å². The van der Waals surface area contributed by atoms with Gasteiger partial charge in [0.25, 0.3) is 5.91 Å². The molecule has 0 saturated carbocycles. The maximum absolute atomic E-state index is 13.1. The first-order valence-corrected chi connectivity index (χ1v) is 8.81. The van der Waals surface area contributed by atoms with Gasteiger partial charge in [0, 0.05) is 20.0 Å². The smallest absolute Gasteiger partial charge is 0.256 e. The lowest BCUT2D eigenvalue weighted by Crippen LogP contribution is -2.43. The van der Waals surface area contributed by atoms with Gasteiger partial charge in [-0.15, -0.1) is 0 Å². The van der Waals surface area contributed by atoms with Gasteiger partial charge in [-0.25, -0.2) is 0 Å². The molecule has 1 aliphatic rings. The second-order valence-corrected chi connectivity index (χ2v) is 7.03. The molecule has 0 unspecified atom stereocenters. The monoisotopic (exact) mass is 361 g/mol. The van der Waals surface area contributed by atoms with Crippen molar-refractivity contribution in [3.8, 4) is 5.75 Å². The van der Waals surface area contributed by atoms with Crippen LogP contribution in [-0.2, 0) is 9.59 Å². The van der Waals surface area contributed by atoms with Gasteiger partial charge in [0.1, 0.15) is 5.75 Å². The number of likely N-dealkylation sites (tertiary alicyclic amines) is 1. The van der Waals surface area contributed by atoms with Gasteiger partial charge in [0.15, 0.2) is 0 Å². The summed E-state index contributed by atoms with van der Waals surface area (Å²) >= 11 is 0. The Kier molecular flexibility index (Phi) is 6.60. The summed E-state index contributed by atoms with van der Waals surface area (Å²) in [5.41, 5.74) is 0.804. The number of carbonyl (C=O) groups is 3. The molecule has 0 aliphatic carbocycles. The van der Waals surface area contributed by atoms with Gasteiger partial charge >= 0.3 is 0 Å². The Morgan fingerprint density at radius 3 is 2.42 bits per heavy atom. The zero-order valence-electron chi connectivity index (χ0n) is 15.8. The molecule has 1 aliphatic heterocycles. The number of hydrogen-bond acceptors (Lipinski definition) is 4. The largest absolute Gasteiger partial charge is 0.497 e. The number of anilines is 1. The van der Waals surface area contributed by atoms with E-state index in [1.54, 1.807) is 18.2 Å². The van der Waals surface area contributed by atoms with Crippen LogP contribution in [0.2, 0.25) is 0 Å². The van der Waals surface area contributed by atoms with Crippen LogP contribution in [0, 0.1) is 11.8 Å². The number of rotatable bonds is 5. The average molecular weight is 361 g/mol. The van der Waals surface area contributed by atoms with Crippen molar-refractivity contribution >= 4 is 23.4 Å². The lowest BCUT2D eigenvalue weighted by Gasteiger charge is -2.35. The van der Waals surface area contributed by atoms with Gasteiger partial charge in [-0.2, -0.15) is 0 Å². The van der Waals surface area contributed by atoms with Crippen LogP contribution < -0.4 is 15.4 Å². The molecule has 0 aromatic heterocycles. The predicted octanol–water partition coefficient (Wildman–Crippen LogP) is 1.89. The van der Waals surface area contributed by atoms with E-state index < -0.39 is 0 Å². The molecule has 26 heavy (non-hydrogen) atoms. The van der Waals surface area contributed by atoms with E-state index in [0.717, 1.165) is 6.42 Å². The Balaban J connectivity index is 2.23. The molecular weight excluding hydrogens is 334 g/mol. The van der Waals surface area contributed by atoms with Crippen molar-refractivity contribution in [2.75, 3.05) is 32.1 Å². The molecule has 1 aromatic carbocycles. The fourth-order valence-electron chi connectivity index (χ4n) is 3.33. The normalized spacial score (nSPS) is 19.6. The van der Waals surface area contributed by atoms with Gasteiger partial charge in [0.05, 0.1) is 24.9 Å². The molecule has 1 heterocycles. The quantitative estimate of drug-likeness (QED) is 0.838. The Bertz CT molecular complexity index is 679. The standard InChI is InChI=1S/C19H27N3O4/c1-12-7-13(2)11-22(10-12)19(25)16-8-15(26-4)5-6-17(16)21-18(24)9-20-14(3)23/h5-6,8,12-13H,7,9-11H2,1-4H3,(H,20,23)(H,21,24)/t12-,13+. The van der Waals surface area contributed by atoms with E-state index in [0.29, 0.717) is 41.9 Å². The zero-order valence-corrected chi connectivity index (χ0v) is 15.8. The third kappa shape index (κ3) is 5.21. The molecule has 2 rings (SSSR count). The third-order valence-electron chi connectivity index (χ3n) is 4.39. The van der Waals surface area contributed by atoms with Crippen LogP contribution in [-0.4, -0.2) is 49.4 Å². The zero-order chi connectivity index (χ0) is 19.3. The van der Waals surface area contributed by atoms with Crippen LogP contribution in [0.5, 0.6) is 5.75 Å². The van der Waals surface area contributed by atoms with Gasteiger partial charge in [-0.1, -0.05) is 13.8 Å². The van der Waals surface area contributed by atoms with Gasteiger partial charge in [0.2, 0.25) is 11.8 Å². The molecule has 1 aromatic rings. The average Bonchev–Trinajstić information content (AvgIpc) is 2.59. The van der Waals surface area contributed by atoms with Crippen LogP contribution in [0.3, 0.4) is 0 Å². The van der Waals surface area contributed by atoms with Crippen LogP contribution in [0.15, 0.2) is 18.2 Å². The minimum Gasteiger partial charge on any atom is -0.497 e. The van der Waals surface area contributed by atoms with E-state index >= 15 is 0 Å². The van der Waals surface area contributed by atoms with Crippen molar-refractivity contribution in [3.05, 3.63) is 23.8 Å².